The molecule has 0 saturated carbocycles. The molecular formula is C14H15NO2. The molecule has 0 aliphatic rings. The molecule has 0 spiro atoms. The number of benzene rings is 1. The summed E-state index contributed by atoms with van der Waals surface area (Å²) in [5, 5.41) is 0. The van der Waals surface area contributed by atoms with Gasteiger partial charge in [0.15, 0.2) is 0 Å². The molecule has 0 aliphatic heterocycles. The van der Waals surface area contributed by atoms with Gasteiger partial charge < -0.3 is 9.47 Å². The zero-order valence-electron chi connectivity index (χ0n) is 10.2. The van der Waals surface area contributed by atoms with Gasteiger partial charge in [-0.25, -0.2) is 0 Å². The second kappa shape index (κ2) is 4.87. The number of hydrogen-bond donors (Lipinski definition) is 0. The van der Waals surface area contributed by atoms with E-state index in [0.29, 0.717) is 0 Å². The van der Waals surface area contributed by atoms with Gasteiger partial charge in [-0.3, -0.25) is 4.98 Å². The van der Waals surface area contributed by atoms with Crippen molar-refractivity contribution in [2.75, 3.05) is 14.2 Å². The molecule has 0 fully saturated rings. The molecule has 0 radical (unpaired) electrons. The average Bonchev–Trinajstić information content (AvgIpc) is 2.38. The van der Waals surface area contributed by atoms with Crippen LogP contribution in [0.3, 0.4) is 0 Å². The molecule has 1 heterocycles. The Morgan fingerprint density at radius 3 is 2.12 bits per heavy atom. The monoisotopic (exact) mass is 229 g/mol. The Hall–Kier alpha value is -2.03. The van der Waals surface area contributed by atoms with Gasteiger partial charge in [-0.15, -0.1) is 0 Å². The summed E-state index contributed by atoms with van der Waals surface area (Å²) < 4.78 is 10.8. The highest BCUT2D eigenvalue weighted by Crippen LogP contribution is 2.38. The maximum atomic E-state index is 5.38. The van der Waals surface area contributed by atoms with E-state index in [4.69, 9.17) is 9.47 Å². The highest BCUT2D eigenvalue weighted by Gasteiger charge is 2.14. The molecule has 0 unspecified atom stereocenters. The Kier molecular flexibility index (Phi) is 3.28. The number of pyridine rings is 1. The summed E-state index contributed by atoms with van der Waals surface area (Å²) in [5.74, 6) is 1.54. The van der Waals surface area contributed by atoms with Gasteiger partial charge in [0.25, 0.3) is 0 Å². The van der Waals surface area contributed by atoms with Crippen LogP contribution < -0.4 is 9.47 Å². The van der Waals surface area contributed by atoms with Gasteiger partial charge >= 0.3 is 0 Å². The quantitative estimate of drug-likeness (QED) is 0.810. The van der Waals surface area contributed by atoms with Crippen molar-refractivity contribution in [1.29, 1.82) is 0 Å². The summed E-state index contributed by atoms with van der Waals surface area (Å²) in [6.07, 6.45) is 1.77. The summed E-state index contributed by atoms with van der Waals surface area (Å²) in [6, 6.07) is 9.66. The minimum absolute atomic E-state index is 0.770. The third kappa shape index (κ3) is 2.09. The topological polar surface area (TPSA) is 31.4 Å². The van der Waals surface area contributed by atoms with E-state index in [0.717, 1.165) is 28.3 Å². The average molecular weight is 229 g/mol. The molecule has 88 valence electrons. The minimum atomic E-state index is 0.770. The van der Waals surface area contributed by atoms with E-state index in [9.17, 15) is 0 Å². The molecule has 1 aromatic heterocycles. The fourth-order valence-electron chi connectivity index (χ4n) is 1.83. The number of hydrogen-bond acceptors (Lipinski definition) is 3. The van der Waals surface area contributed by atoms with Crippen molar-refractivity contribution in [2.24, 2.45) is 0 Å². The molecule has 0 amide bonds. The zero-order valence-corrected chi connectivity index (χ0v) is 10.2. The number of rotatable bonds is 3. The third-order valence-corrected chi connectivity index (χ3v) is 2.67. The first-order chi connectivity index (χ1) is 8.27. The summed E-state index contributed by atoms with van der Waals surface area (Å²) in [7, 11) is 3.30. The molecule has 0 saturated heterocycles. The molecule has 1 aromatic carbocycles. The van der Waals surface area contributed by atoms with Crippen LogP contribution in [0.25, 0.3) is 11.3 Å². The summed E-state index contributed by atoms with van der Waals surface area (Å²) in [5.41, 5.74) is 2.88. The Morgan fingerprint density at radius 1 is 0.941 bits per heavy atom. The summed E-state index contributed by atoms with van der Waals surface area (Å²) >= 11 is 0. The number of methoxy groups -OCH3 is 2. The summed E-state index contributed by atoms with van der Waals surface area (Å²) in [6.45, 7) is 2.02. The van der Waals surface area contributed by atoms with Gasteiger partial charge in [-0.1, -0.05) is 12.1 Å². The van der Waals surface area contributed by atoms with E-state index in [2.05, 4.69) is 4.98 Å². The first-order valence-corrected chi connectivity index (χ1v) is 5.41. The first-order valence-electron chi connectivity index (χ1n) is 5.41. The van der Waals surface area contributed by atoms with Crippen LogP contribution in [-0.2, 0) is 0 Å². The zero-order chi connectivity index (χ0) is 12.3. The standard InChI is InChI=1S/C14H15NO2/c1-10-6-5-9-15-14(10)13-11(16-2)7-4-8-12(13)17-3/h4-9H,1-3H3. The van der Waals surface area contributed by atoms with Crippen LogP contribution in [0.4, 0.5) is 0 Å². The fourth-order valence-corrected chi connectivity index (χ4v) is 1.83. The van der Waals surface area contributed by atoms with Gasteiger partial charge in [-0.2, -0.15) is 0 Å². The van der Waals surface area contributed by atoms with Crippen molar-refractivity contribution in [2.45, 2.75) is 6.92 Å². The van der Waals surface area contributed by atoms with E-state index >= 15 is 0 Å². The normalized spacial score (nSPS) is 10.1. The van der Waals surface area contributed by atoms with Crippen LogP contribution in [0.2, 0.25) is 0 Å². The number of ether oxygens (including phenoxy) is 2. The lowest BCUT2D eigenvalue weighted by Crippen LogP contribution is -1.96. The van der Waals surface area contributed by atoms with Gasteiger partial charge in [0.2, 0.25) is 0 Å². The highest BCUT2D eigenvalue weighted by molar-refractivity contribution is 5.76. The van der Waals surface area contributed by atoms with Crippen LogP contribution >= 0.6 is 0 Å². The second-order valence-electron chi connectivity index (χ2n) is 3.71. The first kappa shape index (κ1) is 11.5. The van der Waals surface area contributed by atoms with E-state index in [1.54, 1.807) is 20.4 Å². The van der Waals surface area contributed by atoms with E-state index in [1.165, 1.54) is 0 Å². The fraction of sp³-hybridized carbons (Fsp3) is 0.214. The maximum absolute atomic E-state index is 5.38. The Morgan fingerprint density at radius 2 is 1.59 bits per heavy atom. The molecular weight excluding hydrogens is 214 g/mol. The number of aromatic nitrogens is 1. The predicted octanol–water partition coefficient (Wildman–Crippen LogP) is 3.07. The molecule has 0 N–H and O–H groups in total. The van der Waals surface area contributed by atoms with Gasteiger partial charge in [-0.05, 0) is 30.7 Å². The number of aryl methyl sites for hydroxylation is 1. The lowest BCUT2D eigenvalue weighted by atomic mass is 10.0. The Bertz CT molecular complexity index is 501. The summed E-state index contributed by atoms with van der Waals surface area (Å²) in [4.78, 5) is 4.41. The number of nitrogens with zero attached hydrogens (tertiary/aromatic N) is 1. The van der Waals surface area contributed by atoms with Crippen molar-refractivity contribution < 1.29 is 9.47 Å². The third-order valence-electron chi connectivity index (χ3n) is 2.67. The SMILES string of the molecule is COc1cccc(OC)c1-c1ncccc1C. The smallest absolute Gasteiger partial charge is 0.132 e. The molecule has 3 nitrogen and oxygen atoms in total. The van der Waals surface area contributed by atoms with E-state index < -0.39 is 0 Å². The van der Waals surface area contributed by atoms with Crippen molar-refractivity contribution in [3.8, 4) is 22.8 Å². The molecule has 17 heavy (non-hydrogen) atoms. The van der Waals surface area contributed by atoms with Gasteiger partial charge in [0, 0.05) is 6.20 Å². The molecule has 0 atom stereocenters. The van der Waals surface area contributed by atoms with Crippen LogP contribution in [0.15, 0.2) is 36.5 Å². The maximum Gasteiger partial charge on any atom is 0.132 e. The largest absolute Gasteiger partial charge is 0.496 e. The predicted molar refractivity (Wildman–Crippen MR) is 67.5 cm³/mol. The van der Waals surface area contributed by atoms with Crippen molar-refractivity contribution in [1.82, 2.24) is 4.98 Å². The van der Waals surface area contributed by atoms with Crippen LogP contribution in [0, 0.1) is 6.92 Å². The van der Waals surface area contributed by atoms with Crippen LogP contribution in [-0.4, -0.2) is 19.2 Å². The Balaban J connectivity index is 2.69. The van der Waals surface area contributed by atoms with Gasteiger partial charge in [0.1, 0.15) is 11.5 Å². The van der Waals surface area contributed by atoms with Crippen molar-refractivity contribution in [3.05, 3.63) is 42.1 Å². The van der Waals surface area contributed by atoms with Crippen molar-refractivity contribution >= 4 is 0 Å². The van der Waals surface area contributed by atoms with Crippen molar-refractivity contribution in [3.63, 3.8) is 0 Å². The van der Waals surface area contributed by atoms with E-state index in [-0.39, 0.29) is 0 Å². The van der Waals surface area contributed by atoms with E-state index in [1.807, 2.05) is 37.3 Å². The van der Waals surface area contributed by atoms with Crippen LogP contribution in [0.1, 0.15) is 5.56 Å². The molecule has 0 aliphatic carbocycles. The lowest BCUT2D eigenvalue weighted by molar-refractivity contribution is 0.397. The molecule has 2 rings (SSSR count). The highest BCUT2D eigenvalue weighted by atomic mass is 16.5. The molecule has 3 heteroatoms. The second-order valence-corrected chi connectivity index (χ2v) is 3.71. The molecule has 2 aromatic rings. The molecule has 0 bridgehead atoms. The Labute approximate surface area is 101 Å². The lowest BCUT2D eigenvalue weighted by Gasteiger charge is -2.13. The van der Waals surface area contributed by atoms with Gasteiger partial charge in [0.05, 0.1) is 25.5 Å². The minimum Gasteiger partial charge on any atom is -0.496 e. The van der Waals surface area contributed by atoms with Crippen LogP contribution in [0.5, 0.6) is 11.5 Å².